The van der Waals surface area contributed by atoms with Gasteiger partial charge in [-0.3, -0.25) is 0 Å². The summed E-state index contributed by atoms with van der Waals surface area (Å²) in [6.07, 6.45) is 0. The van der Waals surface area contributed by atoms with E-state index in [1.165, 1.54) is 0 Å². The van der Waals surface area contributed by atoms with Crippen LogP contribution < -0.4 is 14.8 Å². The molecule has 0 aliphatic rings. The molecule has 2 N–H and O–H groups in total. The first-order chi connectivity index (χ1) is 14.0. The highest BCUT2D eigenvalue weighted by molar-refractivity contribution is 6.32. The third kappa shape index (κ3) is 5.21. The van der Waals surface area contributed by atoms with Crippen LogP contribution in [0.4, 0.5) is 5.69 Å². The zero-order valence-electron chi connectivity index (χ0n) is 16.2. The molecule has 3 aromatic rings. The first-order valence-electron chi connectivity index (χ1n) is 9.09. The number of anilines is 1. The van der Waals surface area contributed by atoms with E-state index in [0.717, 1.165) is 22.4 Å². The standard InChI is InChI=1S/C23H22ClNO4/c1-15-10-18(23(26)27)8-9-20(15)25-13-17-11-19(24)22(21(12-17)28-2)29-14-16-6-4-3-5-7-16/h3-12,25H,13-14H2,1-2H3,(H,26,27). The topological polar surface area (TPSA) is 67.8 Å². The lowest BCUT2D eigenvalue weighted by molar-refractivity contribution is 0.0697. The minimum absolute atomic E-state index is 0.262. The van der Waals surface area contributed by atoms with E-state index in [1.54, 1.807) is 25.3 Å². The normalized spacial score (nSPS) is 10.4. The molecule has 5 nitrogen and oxygen atoms in total. The molecule has 3 rings (SSSR count). The zero-order valence-corrected chi connectivity index (χ0v) is 17.0. The number of halogens is 1. The van der Waals surface area contributed by atoms with Crippen molar-refractivity contribution in [3.8, 4) is 11.5 Å². The van der Waals surface area contributed by atoms with Crippen molar-refractivity contribution in [2.45, 2.75) is 20.1 Å². The van der Waals surface area contributed by atoms with Gasteiger partial charge in [0.15, 0.2) is 11.5 Å². The summed E-state index contributed by atoms with van der Waals surface area (Å²) in [6, 6.07) is 18.5. The first-order valence-corrected chi connectivity index (χ1v) is 9.46. The van der Waals surface area contributed by atoms with Gasteiger partial charge in [0, 0.05) is 12.2 Å². The number of hydrogen-bond donors (Lipinski definition) is 2. The van der Waals surface area contributed by atoms with E-state index in [2.05, 4.69) is 5.32 Å². The minimum atomic E-state index is -0.942. The van der Waals surface area contributed by atoms with Crippen molar-refractivity contribution in [1.82, 2.24) is 0 Å². The van der Waals surface area contributed by atoms with E-state index in [1.807, 2.05) is 49.4 Å². The number of aromatic carboxylic acids is 1. The van der Waals surface area contributed by atoms with Gasteiger partial charge in [0.05, 0.1) is 17.7 Å². The van der Waals surface area contributed by atoms with Crippen molar-refractivity contribution < 1.29 is 19.4 Å². The molecule has 0 radical (unpaired) electrons. The van der Waals surface area contributed by atoms with Gasteiger partial charge in [-0.15, -0.1) is 0 Å². The summed E-state index contributed by atoms with van der Waals surface area (Å²) in [6.45, 7) is 2.76. The molecular formula is C23H22ClNO4. The number of benzene rings is 3. The molecule has 29 heavy (non-hydrogen) atoms. The molecule has 0 fully saturated rings. The zero-order chi connectivity index (χ0) is 20.8. The number of methoxy groups -OCH3 is 1. The summed E-state index contributed by atoms with van der Waals surface area (Å²) in [5, 5.41) is 12.8. The third-order valence-electron chi connectivity index (χ3n) is 4.47. The molecule has 0 bridgehead atoms. The van der Waals surface area contributed by atoms with E-state index in [-0.39, 0.29) is 5.56 Å². The number of ether oxygens (including phenoxy) is 2. The van der Waals surface area contributed by atoms with E-state index >= 15 is 0 Å². The molecule has 0 spiro atoms. The van der Waals surface area contributed by atoms with Crippen LogP contribution in [0.3, 0.4) is 0 Å². The Kier molecular flexibility index (Phi) is 6.62. The number of nitrogens with one attached hydrogen (secondary N) is 1. The molecule has 0 aliphatic carbocycles. The van der Waals surface area contributed by atoms with Crippen LogP contribution in [-0.2, 0) is 13.2 Å². The first kappa shape index (κ1) is 20.6. The van der Waals surface area contributed by atoms with Crippen molar-refractivity contribution >= 4 is 23.3 Å². The smallest absolute Gasteiger partial charge is 0.335 e. The van der Waals surface area contributed by atoms with Gasteiger partial charge in [-0.1, -0.05) is 41.9 Å². The molecule has 6 heteroatoms. The highest BCUT2D eigenvalue weighted by Crippen LogP contribution is 2.37. The quantitative estimate of drug-likeness (QED) is 0.509. The van der Waals surface area contributed by atoms with Gasteiger partial charge < -0.3 is 19.9 Å². The van der Waals surface area contributed by atoms with Crippen LogP contribution in [0.15, 0.2) is 60.7 Å². The van der Waals surface area contributed by atoms with Crippen molar-refractivity contribution in [3.05, 3.63) is 87.9 Å². The van der Waals surface area contributed by atoms with Crippen LogP contribution in [0.2, 0.25) is 5.02 Å². The summed E-state index contributed by atoms with van der Waals surface area (Å²) in [4.78, 5) is 11.1. The van der Waals surface area contributed by atoms with E-state index in [4.69, 9.17) is 26.2 Å². The van der Waals surface area contributed by atoms with E-state index in [9.17, 15) is 4.79 Å². The summed E-state index contributed by atoms with van der Waals surface area (Å²) in [5.41, 5.74) is 3.93. The van der Waals surface area contributed by atoms with Crippen LogP contribution in [0.1, 0.15) is 27.0 Å². The maximum absolute atomic E-state index is 11.1. The number of hydrogen-bond acceptors (Lipinski definition) is 4. The van der Waals surface area contributed by atoms with Gasteiger partial charge in [-0.05, 0) is 53.9 Å². The number of rotatable bonds is 8. The highest BCUT2D eigenvalue weighted by Gasteiger charge is 2.13. The Labute approximate surface area is 174 Å². The maximum atomic E-state index is 11.1. The lowest BCUT2D eigenvalue weighted by Gasteiger charge is -2.15. The fourth-order valence-electron chi connectivity index (χ4n) is 2.94. The summed E-state index contributed by atoms with van der Waals surface area (Å²) in [7, 11) is 1.58. The molecule has 0 aliphatic heterocycles. The maximum Gasteiger partial charge on any atom is 0.335 e. The Morgan fingerprint density at radius 2 is 1.83 bits per heavy atom. The summed E-state index contributed by atoms with van der Waals surface area (Å²) < 4.78 is 11.4. The van der Waals surface area contributed by atoms with Gasteiger partial charge in [0.25, 0.3) is 0 Å². The van der Waals surface area contributed by atoms with Crippen LogP contribution in [0.5, 0.6) is 11.5 Å². The number of carbonyl (C=O) groups is 1. The second-order valence-electron chi connectivity index (χ2n) is 6.57. The fraction of sp³-hybridized carbons (Fsp3) is 0.174. The molecule has 0 atom stereocenters. The number of carboxylic acids is 1. The Bertz CT molecular complexity index is 1010. The number of carboxylic acid groups (broad SMARTS) is 1. The average Bonchev–Trinajstić information content (AvgIpc) is 2.72. The van der Waals surface area contributed by atoms with Crippen molar-refractivity contribution in [2.24, 2.45) is 0 Å². The lowest BCUT2D eigenvalue weighted by atomic mass is 10.1. The van der Waals surface area contributed by atoms with Crippen LogP contribution in [0, 0.1) is 6.92 Å². The summed E-state index contributed by atoms with van der Waals surface area (Å²) >= 11 is 6.45. The molecule has 150 valence electrons. The molecule has 0 saturated carbocycles. The predicted octanol–water partition coefficient (Wildman–Crippen LogP) is 5.55. The van der Waals surface area contributed by atoms with Gasteiger partial charge in [-0.25, -0.2) is 4.79 Å². The molecule has 0 amide bonds. The van der Waals surface area contributed by atoms with Gasteiger partial charge in [0.1, 0.15) is 6.61 Å². The van der Waals surface area contributed by atoms with Crippen LogP contribution in [0.25, 0.3) is 0 Å². The number of aryl methyl sites for hydroxylation is 1. The van der Waals surface area contributed by atoms with Crippen molar-refractivity contribution in [3.63, 3.8) is 0 Å². The molecule has 3 aromatic carbocycles. The van der Waals surface area contributed by atoms with Crippen molar-refractivity contribution in [2.75, 3.05) is 12.4 Å². The minimum Gasteiger partial charge on any atom is -0.493 e. The van der Waals surface area contributed by atoms with Crippen LogP contribution in [-0.4, -0.2) is 18.2 Å². The largest absolute Gasteiger partial charge is 0.493 e. The molecule has 0 saturated heterocycles. The molecule has 0 heterocycles. The molecule has 0 unspecified atom stereocenters. The van der Waals surface area contributed by atoms with Gasteiger partial charge in [-0.2, -0.15) is 0 Å². The Morgan fingerprint density at radius 1 is 1.07 bits per heavy atom. The lowest BCUT2D eigenvalue weighted by Crippen LogP contribution is -2.04. The summed E-state index contributed by atoms with van der Waals surface area (Å²) in [5.74, 6) is 0.120. The Hall–Kier alpha value is -3.18. The molecule has 0 aromatic heterocycles. The Morgan fingerprint density at radius 3 is 2.48 bits per heavy atom. The highest BCUT2D eigenvalue weighted by atomic mass is 35.5. The Balaban J connectivity index is 1.72. The van der Waals surface area contributed by atoms with E-state index in [0.29, 0.717) is 29.7 Å². The van der Waals surface area contributed by atoms with E-state index < -0.39 is 5.97 Å². The molecular weight excluding hydrogens is 390 g/mol. The second-order valence-corrected chi connectivity index (χ2v) is 6.98. The predicted molar refractivity (Wildman–Crippen MR) is 114 cm³/mol. The van der Waals surface area contributed by atoms with Crippen LogP contribution >= 0.6 is 11.6 Å². The average molecular weight is 412 g/mol. The monoisotopic (exact) mass is 411 g/mol. The SMILES string of the molecule is COc1cc(CNc2ccc(C(=O)O)cc2C)cc(Cl)c1OCc1ccccc1. The second kappa shape index (κ2) is 9.34. The van der Waals surface area contributed by atoms with Gasteiger partial charge >= 0.3 is 5.97 Å². The van der Waals surface area contributed by atoms with Crippen molar-refractivity contribution in [1.29, 1.82) is 0 Å². The third-order valence-corrected chi connectivity index (χ3v) is 4.75. The van der Waals surface area contributed by atoms with Gasteiger partial charge in [0.2, 0.25) is 0 Å². The fourth-order valence-corrected chi connectivity index (χ4v) is 3.23.